The van der Waals surface area contributed by atoms with Crippen molar-refractivity contribution in [2.24, 2.45) is 0 Å². The van der Waals surface area contributed by atoms with Crippen molar-refractivity contribution in [3.8, 4) is 0 Å². The third kappa shape index (κ3) is 7.46. The Bertz CT molecular complexity index is 224. The first-order valence-electron chi connectivity index (χ1n) is 5.98. The fourth-order valence-electron chi connectivity index (χ4n) is 1.19. The highest BCUT2D eigenvalue weighted by molar-refractivity contribution is 5.86. The molecule has 0 rings (SSSR count). The van der Waals surface area contributed by atoms with Crippen molar-refractivity contribution in [2.45, 2.75) is 46.1 Å². The molecule has 0 saturated heterocycles. The molecule has 0 unspecified atom stereocenters. The second-order valence-corrected chi connectivity index (χ2v) is 4.55. The zero-order valence-corrected chi connectivity index (χ0v) is 11.1. The SMILES string of the molecule is C=C(C)C(=O)OCCCCCN(C)C(C)C. The summed E-state index contributed by atoms with van der Waals surface area (Å²) >= 11 is 0. The minimum absolute atomic E-state index is 0.278. The molecule has 0 bridgehead atoms. The molecule has 0 heterocycles. The van der Waals surface area contributed by atoms with Crippen LogP contribution < -0.4 is 0 Å². The van der Waals surface area contributed by atoms with Gasteiger partial charge >= 0.3 is 5.97 Å². The van der Waals surface area contributed by atoms with E-state index in [0.29, 0.717) is 18.2 Å². The van der Waals surface area contributed by atoms with E-state index < -0.39 is 0 Å². The van der Waals surface area contributed by atoms with Gasteiger partial charge in [-0.2, -0.15) is 0 Å². The van der Waals surface area contributed by atoms with Crippen LogP contribution >= 0.6 is 0 Å². The summed E-state index contributed by atoms with van der Waals surface area (Å²) in [6.45, 7) is 11.2. The molecule has 0 aliphatic carbocycles. The number of ether oxygens (including phenoxy) is 1. The predicted octanol–water partition coefficient (Wildman–Crippen LogP) is 2.62. The second kappa shape index (κ2) is 8.34. The normalized spacial score (nSPS) is 10.9. The van der Waals surface area contributed by atoms with Gasteiger partial charge in [-0.15, -0.1) is 0 Å². The van der Waals surface area contributed by atoms with Crippen LogP contribution in [0.15, 0.2) is 12.2 Å². The largest absolute Gasteiger partial charge is 0.462 e. The Morgan fingerprint density at radius 3 is 2.44 bits per heavy atom. The van der Waals surface area contributed by atoms with Crippen molar-refractivity contribution in [2.75, 3.05) is 20.2 Å². The number of rotatable bonds is 8. The maximum absolute atomic E-state index is 11.0. The van der Waals surface area contributed by atoms with Crippen LogP contribution in [0.3, 0.4) is 0 Å². The van der Waals surface area contributed by atoms with Crippen molar-refractivity contribution in [1.29, 1.82) is 0 Å². The fourth-order valence-corrected chi connectivity index (χ4v) is 1.19. The van der Waals surface area contributed by atoms with E-state index in [2.05, 4.69) is 32.4 Å². The monoisotopic (exact) mass is 227 g/mol. The molecule has 0 amide bonds. The highest BCUT2D eigenvalue weighted by Gasteiger charge is 2.03. The summed E-state index contributed by atoms with van der Waals surface area (Å²) in [4.78, 5) is 13.4. The standard InChI is InChI=1S/C13H25NO2/c1-11(2)13(15)16-10-8-6-7-9-14(5)12(3)4/h12H,1,6-10H2,2-5H3. The van der Waals surface area contributed by atoms with Gasteiger partial charge in [0.15, 0.2) is 0 Å². The Hall–Kier alpha value is -0.830. The Kier molecular flexibility index (Phi) is 7.90. The van der Waals surface area contributed by atoms with Crippen LogP contribution in [0.1, 0.15) is 40.0 Å². The number of carbonyl (C=O) groups excluding carboxylic acids is 1. The van der Waals surface area contributed by atoms with Gasteiger partial charge in [0.25, 0.3) is 0 Å². The highest BCUT2D eigenvalue weighted by Crippen LogP contribution is 2.02. The van der Waals surface area contributed by atoms with Crippen LogP contribution in [0.25, 0.3) is 0 Å². The third-order valence-electron chi connectivity index (χ3n) is 2.62. The fraction of sp³-hybridized carbons (Fsp3) is 0.769. The number of nitrogens with zero attached hydrogens (tertiary/aromatic N) is 1. The number of carbonyl (C=O) groups is 1. The first-order valence-corrected chi connectivity index (χ1v) is 5.98. The lowest BCUT2D eigenvalue weighted by atomic mass is 10.2. The maximum atomic E-state index is 11.0. The summed E-state index contributed by atoms with van der Waals surface area (Å²) in [5.41, 5.74) is 0.472. The lowest BCUT2D eigenvalue weighted by Gasteiger charge is -2.20. The molecule has 0 aliphatic heterocycles. The number of hydrogen-bond donors (Lipinski definition) is 0. The van der Waals surface area contributed by atoms with E-state index in [9.17, 15) is 4.79 Å². The molecule has 0 aromatic heterocycles. The molecule has 0 aliphatic rings. The average molecular weight is 227 g/mol. The van der Waals surface area contributed by atoms with Crippen molar-refractivity contribution in [3.05, 3.63) is 12.2 Å². The van der Waals surface area contributed by atoms with E-state index >= 15 is 0 Å². The Labute approximate surface area is 99.5 Å². The molecular formula is C13H25NO2. The lowest BCUT2D eigenvalue weighted by Crippen LogP contribution is -2.27. The van der Waals surface area contributed by atoms with Crippen molar-refractivity contribution in [3.63, 3.8) is 0 Å². The smallest absolute Gasteiger partial charge is 0.333 e. The minimum atomic E-state index is -0.278. The number of esters is 1. The van der Waals surface area contributed by atoms with Crippen LogP contribution in [0, 0.1) is 0 Å². The Balaban J connectivity index is 3.34. The molecule has 3 nitrogen and oxygen atoms in total. The summed E-state index contributed by atoms with van der Waals surface area (Å²) in [6, 6.07) is 0.598. The molecule has 0 N–H and O–H groups in total. The Morgan fingerprint density at radius 2 is 1.94 bits per heavy atom. The van der Waals surface area contributed by atoms with Gasteiger partial charge in [-0.3, -0.25) is 0 Å². The van der Waals surface area contributed by atoms with Crippen LogP contribution in [0.2, 0.25) is 0 Å². The predicted molar refractivity (Wildman–Crippen MR) is 67.4 cm³/mol. The van der Waals surface area contributed by atoms with E-state index in [4.69, 9.17) is 4.74 Å². The molecule has 0 saturated carbocycles. The topological polar surface area (TPSA) is 29.5 Å². The zero-order chi connectivity index (χ0) is 12.6. The molecule has 0 aromatic rings. The zero-order valence-electron chi connectivity index (χ0n) is 11.1. The second-order valence-electron chi connectivity index (χ2n) is 4.55. The molecule has 0 fully saturated rings. The van der Waals surface area contributed by atoms with Gasteiger partial charge in [0.05, 0.1) is 6.61 Å². The van der Waals surface area contributed by atoms with Gasteiger partial charge in [0, 0.05) is 11.6 Å². The van der Waals surface area contributed by atoms with Crippen molar-refractivity contribution >= 4 is 5.97 Å². The van der Waals surface area contributed by atoms with Crippen LogP contribution in [0.5, 0.6) is 0 Å². The third-order valence-corrected chi connectivity index (χ3v) is 2.62. The van der Waals surface area contributed by atoms with E-state index in [1.165, 1.54) is 0 Å². The highest BCUT2D eigenvalue weighted by atomic mass is 16.5. The van der Waals surface area contributed by atoms with Crippen molar-refractivity contribution < 1.29 is 9.53 Å². The Morgan fingerprint density at radius 1 is 1.31 bits per heavy atom. The van der Waals surface area contributed by atoms with E-state index in [0.717, 1.165) is 25.8 Å². The first kappa shape index (κ1) is 15.2. The molecule has 3 heteroatoms. The summed E-state index contributed by atoms with van der Waals surface area (Å²) in [6.07, 6.45) is 3.19. The summed E-state index contributed by atoms with van der Waals surface area (Å²) in [7, 11) is 2.13. The lowest BCUT2D eigenvalue weighted by molar-refractivity contribution is -0.139. The van der Waals surface area contributed by atoms with Gasteiger partial charge in [-0.05, 0) is 53.6 Å². The quantitative estimate of drug-likeness (QED) is 0.363. The molecule has 0 atom stereocenters. The molecule has 0 aromatic carbocycles. The average Bonchev–Trinajstić information content (AvgIpc) is 2.21. The minimum Gasteiger partial charge on any atom is -0.462 e. The summed E-state index contributed by atoms with van der Waals surface area (Å²) < 4.78 is 5.01. The molecule has 0 spiro atoms. The van der Waals surface area contributed by atoms with Gasteiger partial charge < -0.3 is 9.64 Å². The summed E-state index contributed by atoms with van der Waals surface area (Å²) in [5, 5.41) is 0. The molecule has 94 valence electrons. The molecule has 16 heavy (non-hydrogen) atoms. The first-order chi connectivity index (χ1) is 7.45. The van der Waals surface area contributed by atoms with Gasteiger partial charge in [0.2, 0.25) is 0 Å². The summed E-state index contributed by atoms with van der Waals surface area (Å²) in [5.74, 6) is -0.278. The van der Waals surface area contributed by atoms with E-state index in [1.807, 2.05) is 0 Å². The number of unbranched alkanes of at least 4 members (excludes halogenated alkanes) is 2. The molecular weight excluding hydrogens is 202 g/mol. The van der Waals surface area contributed by atoms with Crippen LogP contribution in [0.4, 0.5) is 0 Å². The van der Waals surface area contributed by atoms with Crippen LogP contribution in [-0.2, 0) is 9.53 Å². The van der Waals surface area contributed by atoms with Gasteiger partial charge in [0.1, 0.15) is 0 Å². The van der Waals surface area contributed by atoms with E-state index in [-0.39, 0.29) is 5.97 Å². The van der Waals surface area contributed by atoms with Gasteiger partial charge in [-0.25, -0.2) is 4.79 Å². The van der Waals surface area contributed by atoms with Crippen molar-refractivity contribution in [1.82, 2.24) is 4.90 Å². The number of hydrogen-bond acceptors (Lipinski definition) is 3. The maximum Gasteiger partial charge on any atom is 0.333 e. The van der Waals surface area contributed by atoms with E-state index in [1.54, 1.807) is 6.92 Å². The van der Waals surface area contributed by atoms with Gasteiger partial charge in [-0.1, -0.05) is 6.58 Å². The molecule has 0 radical (unpaired) electrons. The van der Waals surface area contributed by atoms with Crippen LogP contribution in [-0.4, -0.2) is 37.1 Å².